The third kappa shape index (κ3) is 4.26. The molecule has 0 aromatic carbocycles. The third-order valence-corrected chi connectivity index (χ3v) is 3.22. The van der Waals surface area contributed by atoms with E-state index in [1.165, 1.54) is 0 Å². The number of carbonyl (C=O) groups is 1. The number of hydrogen-bond donors (Lipinski definition) is 1. The molecule has 118 valence electrons. The molecule has 0 saturated carbocycles. The molecule has 4 nitrogen and oxygen atoms in total. The molecular formula is C13H22F3NO3. The van der Waals surface area contributed by atoms with E-state index in [0.717, 1.165) is 4.90 Å². The summed E-state index contributed by atoms with van der Waals surface area (Å²) in [6.45, 7) is 6.50. The first kappa shape index (κ1) is 17.1. The van der Waals surface area contributed by atoms with Gasteiger partial charge in [0, 0.05) is 12.5 Å². The van der Waals surface area contributed by atoms with Gasteiger partial charge in [0.2, 0.25) is 0 Å². The molecule has 3 unspecified atom stereocenters. The molecule has 0 bridgehead atoms. The average Bonchev–Trinajstić information content (AvgIpc) is 2.23. The van der Waals surface area contributed by atoms with E-state index in [9.17, 15) is 23.1 Å². The molecule has 0 aliphatic carbocycles. The quantitative estimate of drug-likeness (QED) is 0.809. The lowest BCUT2D eigenvalue weighted by atomic mass is 9.91. The van der Waals surface area contributed by atoms with Crippen molar-refractivity contribution in [3.05, 3.63) is 0 Å². The third-order valence-electron chi connectivity index (χ3n) is 3.22. The first-order valence-electron chi connectivity index (χ1n) is 6.71. The lowest BCUT2D eigenvalue weighted by molar-refractivity contribution is -0.204. The minimum Gasteiger partial charge on any atom is -0.444 e. The molecule has 1 fully saturated rings. The second-order valence-electron chi connectivity index (χ2n) is 6.13. The number of amides is 1. The van der Waals surface area contributed by atoms with E-state index >= 15 is 0 Å². The minimum absolute atomic E-state index is 0.141. The number of aliphatic hydroxyl groups excluding tert-OH is 1. The van der Waals surface area contributed by atoms with Crippen LogP contribution in [0.3, 0.4) is 0 Å². The van der Waals surface area contributed by atoms with Crippen LogP contribution in [-0.2, 0) is 4.74 Å². The molecule has 1 saturated heterocycles. The number of halogens is 3. The van der Waals surface area contributed by atoms with Crippen LogP contribution in [0.5, 0.6) is 0 Å². The van der Waals surface area contributed by atoms with Gasteiger partial charge in [-0.3, -0.25) is 4.90 Å². The van der Waals surface area contributed by atoms with Crippen LogP contribution in [0.1, 0.15) is 47.0 Å². The standard InChI is InChI=1S/C13H22F3NO3/c1-5-8-6-9(18)7-10(13(14,15)16)17(8)11(19)20-12(2,3)4/h8-10,18H,5-7H2,1-4H3. The van der Waals surface area contributed by atoms with Gasteiger partial charge in [0.1, 0.15) is 11.6 Å². The van der Waals surface area contributed by atoms with Crippen molar-refractivity contribution in [2.75, 3.05) is 0 Å². The molecule has 0 radical (unpaired) electrons. The number of piperidine rings is 1. The summed E-state index contributed by atoms with van der Waals surface area (Å²) in [5.41, 5.74) is -0.860. The van der Waals surface area contributed by atoms with Gasteiger partial charge in [-0.05, 0) is 33.6 Å². The highest BCUT2D eigenvalue weighted by molar-refractivity contribution is 5.69. The number of alkyl halides is 3. The summed E-state index contributed by atoms with van der Waals surface area (Å²) in [6, 6.07) is -2.66. The van der Waals surface area contributed by atoms with Gasteiger partial charge in [-0.2, -0.15) is 13.2 Å². The fourth-order valence-electron chi connectivity index (χ4n) is 2.40. The van der Waals surface area contributed by atoms with Crippen molar-refractivity contribution in [1.82, 2.24) is 4.90 Å². The van der Waals surface area contributed by atoms with Gasteiger partial charge in [-0.25, -0.2) is 4.79 Å². The number of ether oxygens (including phenoxy) is 1. The Morgan fingerprint density at radius 2 is 1.85 bits per heavy atom. The molecule has 1 amide bonds. The number of carbonyl (C=O) groups excluding carboxylic acids is 1. The lowest BCUT2D eigenvalue weighted by Gasteiger charge is -2.44. The molecule has 1 N–H and O–H groups in total. The molecule has 1 aliphatic rings. The van der Waals surface area contributed by atoms with Crippen LogP contribution >= 0.6 is 0 Å². The van der Waals surface area contributed by atoms with Gasteiger partial charge in [0.15, 0.2) is 0 Å². The zero-order valence-corrected chi connectivity index (χ0v) is 12.2. The van der Waals surface area contributed by atoms with Crippen molar-refractivity contribution < 1.29 is 27.8 Å². The van der Waals surface area contributed by atoms with Crippen molar-refractivity contribution in [2.24, 2.45) is 0 Å². The highest BCUT2D eigenvalue weighted by Crippen LogP contribution is 2.36. The number of aliphatic hydroxyl groups is 1. The Balaban J connectivity index is 3.02. The summed E-state index contributed by atoms with van der Waals surface area (Å²) in [5, 5.41) is 9.60. The van der Waals surface area contributed by atoms with E-state index in [1.54, 1.807) is 27.7 Å². The average molecular weight is 297 g/mol. The summed E-state index contributed by atoms with van der Waals surface area (Å²) in [4.78, 5) is 12.8. The Labute approximate surface area is 116 Å². The zero-order chi connectivity index (χ0) is 15.7. The Kier molecular flexibility index (Phi) is 4.94. The van der Waals surface area contributed by atoms with E-state index in [0.29, 0.717) is 6.42 Å². The summed E-state index contributed by atoms with van der Waals surface area (Å²) in [6.07, 6.45) is -6.63. The van der Waals surface area contributed by atoms with Crippen LogP contribution in [0.2, 0.25) is 0 Å². The molecule has 20 heavy (non-hydrogen) atoms. The fourth-order valence-corrected chi connectivity index (χ4v) is 2.40. The van der Waals surface area contributed by atoms with Crippen molar-refractivity contribution in [3.8, 4) is 0 Å². The van der Waals surface area contributed by atoms with Gasteiger partial charge in [-0.1, -0.05) is 6.92 Å². The molecule has 1 rings (SSSR count). The van der Waals surface area contributed by atoms with Gasteiger partial charge in [0.25, 0.3) is 0 Å². The van der Waals surface area contributed by atoms with Crippen LogP contribution in [0, 0.1) is 0 Å². The first-order chi connectivity index (χ1) is 8.95. The normalized spacial score (nSPS) is 28.4. The van der Waals surface area contributed by atoms with Crippen molar-refractivity contribution in [2.45, 2.75) is 76.9 Å². The highest BCUT2D eigenvalue weighted by Gasteiger charge is 2.52. The van der Waals surface area contributed by atoms with Gasteiger partial charge in [0.05, 0.1) is 6.10 Å². The molecule has 1 aliphatic heterocycles. The maximum Gasteiger partial charge on any atom is 0.411 e. The smallest absolute Gasteiger partial charge is 0.411 e. The van der Waals surface area contributed by atoms with Crippen molar-refractivity contribution >= 4 is 6.09 Å². The topological polar surface area (TPSA) is 49.8 Å². The summed E-state index contributed by atoms with van der Waals surface area (Å²) in [5.74, 6) is 0. The number of rotatable bonds is 1. The largest absolute Gasteiger partial charge is 0.444 e. The summed E-state index contributed by atoms with van der Waals surface area (Å²) < 4.78 is 44.4. The van der Waals surface area contributed by atoms with E-state index in [1.807, 2.05) is 0 Å². The second kappa shape index (κ2) is 5.79. The SMILES string of the molecule is CCC1CC(O)CC(C(F)(F)F)N1C(=O)OC(C)(C)C. The number of nitrogens with zero attached hydrogens (tertiary/aromatic N) is 1. The predicted octanol–water partition coefficient (Wildman–Crippen LogP) is 3.09. The van der Waals surface area contributed by atoms with Crippen LogP contribution in [0.4, 0.5) is 18.0 Å². The number of hydrogen-bond acceptors (Lipinski definition) is 3. The molecule has 7 heteroatoms. The highest BCUT2D eigenvalue weighted by atomic mass is 19.4. The lowest BCUT2D eigenvalue weighted by Crippen LogP contribution is -2.59. The van der Waals surface area contributed by atoms with Crippen LogP contribution in [0.25, 0.3) is 0 Å². The van der Waals surface area contributed by atoms with Crippen LogP contribution in [-0.4, -0.2) is 46.1 Å². The number of likely N-dealkylation sites (tertiary alicyclic amines) is 1. The van der Waals surface area contributed by atoms with E-state index in [-0.39, 0.29) is 6.42 Å². The van der Waals surface area contributed by atoms with E-state index in [4.69, 9.17) is 4.74 Å². The molecule has 1 heterocycles. The fraction of sp³-hybridized carbons (Fsp3) is 0.923. The monoisotopic (exact) mass is 297 g/mol. The van der Waals surface area contributed by atoms with Gasteiger partial charge >= 0.3 is 12.3 Å². The Morgan fingerprint density at radius 3 is 2.25 bits per heavy atom. The Morgan fingerprint density at radius 1 is 1.30 bits per heavy atom. The summed E-state index contributed by atoms with van der Waals surface area (Å²) >= 11 is 0. The zero-order valence-electron chi connectivity index (χ0n) is 12.2. The maximum atomic E-state index is 13.1. The molecule has 0 aromatic rings. The Hall–Kier alpha value is -0.980. The Bertz CT molecular complexity index is 352. The van der Waals surface area contributed by atoms with Crippen molar-refractivity contribution in [1.29, 1.82) is 0 Å². The molecular weight excluding hydrogens is 275 g/mol. The van der Waals surface area contributed by atoms with Crippen LogP contribution in [0.15, 0.2) is 0 Å². The first-order valence-corrected chi connectivity index (χ1v) is 6.71. The maximum absolute atomic E-state index is 13.1. The summed E-state index contributed by atoms with van der Waals surface area (Å²) in [7, 11) is 0. The van der Waals surface area contributed by atoms with E-state index in [2.05, 4.69) is 0 Å². The van der Waals surface area contributed by atoms with E-state index < -0.39 is 42.5 Å². The minimum atomic E-state index is -4.58. The van der Waals surface area contributed by atoms with Gasteiger partial charge in [-0.15, -0.1) is 0 Å². The van der Waals surface area contributed by atoms with Gasteiger partial charge < -0.3 is 9.84 Å². The molecule has 0 spiro atoms. The molecule has 0 aromatic heterocycles. The van der Waals surface area contributed by atoms with Crippen LogP contribution < -0.4 is 0 Å². The second-order valence-corrected chi connectivity index (χ2v) is 6.13. The molecule has 3 atom stereocenters. The predicted molar refractivity (Wildman–Crippen MR) is 67.2 cm³/mol. The van der Waals surface area contributed by atoms with Crippen molar-refractivity contribution in [3.63, 3.8) is 0 Å².